The molecule has 1 unspecified atom stereocenters. The molecule has 0 amide bonds. The van der Waals surface area contributed by atoms with Gasteiger partial charge in [-0.15, -0.1) is 0 Å². The molecule has 0 fully saturated rings. The van der Waals surface area contributed by atoms with Crippen LogP contribution in [0.15, 0.2) is 30.3 Å². The third kappa shape index (κ3) is 11.9. The summed E-state index contributed by atoms with van der Waals surface area (Å²) in [5.74, 6) is 0. The van der Waals surface area contributed by atoms with Crippen LogP contribution in [-0.2, 0) is 44.0 Å². The Bertz CT molecular complexity index is 692. The van der Waals surface area contributed by atoms with Crippen LogP contribution in [0.1, 0.15) is 33.3 Å². The molecule has 10 heteroatoms. The summed E-state index contributed by atoms with van der Waals surface area (Å²) in [6.45, 7) is 7.06. The molecule has 8 nitrogen and oxygen atoms in total. The van der Waals surface area contributed by atoms with Gasteiger partial charge in [-0.1, -0.05) is 30.3 Å². The van der Waals surface area contributed by atoms with Gasteiger partial charge in [0.15, 0.2) is 0 Å². The van der Waals surface area contributed by atoms with E-state index in [1.807, 2.05) is 30.3 Å². The molecule has 1 rings (SSSR count). The normalized spacial score (nSPS) is 14.0. The molecule has 0 saturated carbocycles. The van der Waals surface area contributed by atoms with Crippen LogP contribution in [-0.4, -0.2) is 52.5 Å². The van der Waals surface area contributed by atoms with Crippen molar-refractivity contribution < 1.29 is 35.7 Å². The highest BCUT2D eigenvalue weighted by atomic mass is 32.2. The van der Waals surface area contributed by atoms with E-state index in [-0.39, 0.29) is 31.8 Å². The first kappa shape index (κ1) is 25.2. The summed E-state index contributed by atoms with van der Waals surface area (Å²) in [5.41, 5.74) is 0.960. The zero-order valence-electron chi connectivity index (χ0n) is 17.1. The molecule has 162 valence electrons. The lowest BCUT2D eigenvalue weighted by molar-refractivity contribution is -0.0328. The quantitative estimate of drug-likeness (QED) is 0.321. The molecular formula is C18H31O8PS. The van der Waals surface area contributed by atoms with Crippen molar-refractivity contribution in [3.05, 3.63) is 35.9 Å². The SMILES string of the molecule is CC(C)OP(=O)(COC(COCc1ccccc1)COS(C)(=O)=O)OC(C)C. The van der Waals surface area contributed by atoms with Gasteiger partial charge in [-0.3, -0.25) is 8.75 Å². The Morgan fingerprint density at radius 2 is 1.54 bits per heavy atom. The molecule has 0 aliphatic heterocycles. The van der Waals surface area contributed by atoms with Crippen molar-refractivity contribution in [1.29, 1.82) is 0 Å². The van der Waals surface area contributed by atoms with Crippen LogP contribution in [0.25, 0.3) is 0 Å². The molecule has 0 heterocycles. The second-order valence-corrected chi connectivity index (χ2v) is 10.4. The minimum absolute atomic E-state index is 0.0494. The van der Waals surface area contributed by atoms with Gasteiger partial charge >= 0.3 is 7.60 Å². The maximum atomic E-state index is 12.9. The Labute approximate surface area is 168 Å². The van der Waals surface area contributed by atoms with Gasteiger partial charge in [0.25, 0.3) is 10.1 Å². The molecule has 0 aliphatic rings. The third-order valence-corrected chi connectivity index (χ3v) is 5.61. The predicted molar refractivity (Wildman–Crippen MR) is 107 cm³/mol. The highest BCUT2D eigenvalue weighted by Gasteiger charge is 2.30. The Kier molecular flexibility index (Phi) is 10.8. The molecule has 0 N–H and O–H groups in total. The highest BCUT2D eigenvalue weighted by molar-refractivity contribution is 7.85. The average Bonchev–Trinajstić information content (AvgIpc) is 2.55. The second kappa shape index (κ2) is 12.0. The van der Waals surface area contributed by atoms with E-state index in [9.17, 15) is 13.0 Å². The van der Waals surface area contributed by atoms with Gasteiger partial charge < -0.3 is 18.5 Å². The average molecular weight is 438 g/mol. The molecule has 0 bridgehead atoms. The van der Waals surface area contributed by atoms with Crippen molar-refractivity contribution in [3.63, 3.8) is 0 Å². The summed E-state index contributed by atoms with van der Waals surface area (Å²) in [5, 5.41) is 0. The van der Waals surface area contributed by atoms with E-state index in [2.05, 4.69) is 0 Å². The van der Waals surface area contributed by atoms with Crippen molar-refractivity contribution in [2.45, 2.75) is 52.6 Å². The van der Waals surface area contributed by atoms with Gasteiger partial charge in [-0.25, -0.2) is 0 Å². The molecule has 0 saturated heterocycles. The molecule has 0 aliphatic carbocycles. The standard InChI is InChI=1S/C18H31O8PS/c1-15(2)25-27(19,26-16(3)4)14-23-18(13-24-28(5,20)21)12-22-11-17-9-7-6-8-10-17/h6-10,15-16,18H,11-14H2,1-5H3. The van der Waals surface area contributed by atoms with Crippen molar-refractivity contribution in [2.75, 3.05) is 25.8 Å². The lowest BCUT2D eigenvalue weighted by Crippen LogP contribution is -2.28. The number of hydrogen-bond acceptors (Lipinski definition) is 8. The van der Waals surface area contributed by atoms with Crippen molar-refractivity contribution in [3.8, 4) is 0 Å². The van der Waals surface area contributed by atoms with Crippen molar-refractivity contribution >= 4 is 17.7 Å². The maximum Gasteiger partial charge on any atom is 0.356 e. The van der Waals surface area contributed by atoms with Crippen molar-refractivity contribution in [2.24, 2.45) is 0 Å². The first-order valence-corrected chi connectivity index (χ1v) is 12.6. The number of benzene rings is 1. The minimum Gasteiger partial charge on any atom is -0.374 e. The van der Waals surface area contributed by atoms with E-state index < -0.39 is 23.8 Å². The third-order valence-electron chi connectivity index (χ3n) is 3.09. The topological polar surface area (TPSA) is 97.4 Å². The van der Waals surface area contributed by atoms with Gasteiger partial charge in [0.05, 0.1) is 38.3 Å². The van der Waals surface area contributed by atoms with Crippen LogP contribution in [0, 0.1) is 0 Å². The first-order valence-electron chi connectivity index (χ1n) is 9.02. The van der Waals surface area contributed by atoms with E-state index in [4.69, 9.17) is 22.7 Å². The molecule has 1 aromatic rings. The van der Waals surface area contributed by atoms with Crippen LogP contribution in [0.4, 0.5) is 0 Å². The smallest absolute Gasteiger partial charge is 0.356 e. The largest absolute Gasteiger partial charge is 0.374 e. The molecule has 0 spiro atoms. The molecular weight excluding hydrogens is 407 g/mol. The Morgan fingerprint density at radius 1 is 0.964 bits per heavy atom. The minimum atomic E-state index is -3.66. The van der Waals surface area contributed by atoms with E-state index in [1.54, 1.807) is 27.7 Å². The second-order valence-electron chi connectivity index (χ2n) is 6.83. The van der Waals surface area contributed by atoms with Crippen molar-refractivity contribution in [1.82, 2.24) is 0 Å². The molecule has 1 atom stereocenters. The fourth-order valence-electron chi connectivity index (χ4n) is 2.15. The van der Waals surface area contributed by atoms with E-state index in [1.165, 1.54) is 0 Å². The monoisotopic (exact) mass is 438 g/mol. The molecule has 28 heavy (non-hydrogen) atoms. The van der Waals surface area contributed by atoms with Crippen LogP contribution in [0.3, 0.4) is 0 Å². The maximum absolute atomic E-state index is 12.9. The summed E-state index contributed by atoms with van der Waals surface area (Å²) >= 11 is 0. The van der Waals surface area contributed by atoms with E-state index >= 15 is 0 Å². The summed E-state index contributed by atoms with van der Waals surface area (Å²) in [6, 6.07) is 9.49. The fourth-order valence-corrected chi connectivity index (χ4v) is 4.40. The summed E-state index contributed by atoms with van der Waals surface area (Å²) < 4.78 is 62.4. The van der Waals surface area contributed by atoms with E-state index in [0.717, 1.165) is 11.8 Å². The van der Waals surface area contributed by atoms with Crippen LogP contribution >= 0.6 is 7.60 Å². The van der Waals surface area contributed by atoms with Crippen LogP contribution in [0.5, 0.6) is 0 Å². The Balaban J connectivity index is 2.69. The predicted octanol–water partition coefficient (Wildman–Crippen LogP) is 3.57. The van der Waals surface area contributed by atoms with Crippen LogP contribution in [0.2, 0.25) is 0 Å². The van der Waals surface area contributed by atoms with Crippen LogP contribution < -0.4 is 0 Å². The summed E-state index contributed by atoms with van der Waals surface area (Å²) in [7, 11) is -7.18. The van der Waals surface area contributed by atoms with Gasteiger partial charge in [-0.05, 0) is 33.3 Å². The number of rotatable bonds is 14. The van der Waals surface area contributed by atoms with Gasteiger partial charge in [0, 0.05) is 0 Å². The number of hydrogen-bond donors (Lipinski definition) is 0. The van der Waals surface area contributed by atoms with Gasteiger partial charge in [0.2, 0.25) is 0 Å². The van der Waals surface area contributed by atoms with E-state index in [0.29, 0.717) is 6.61 Å². The summed E-state index contributed by atoms with van der Waals surface area (Å²) in [4.78, 5) is 0. The highest BCUT2D eigenvalue weighted by Crippen LogP contribution is 2.50. The number of ether oxygens (including phenoxy) is 2. The fraction of sp³-hybridized carbons (Fsp3) is 0.667. The zero-order chi connectivity index (χ0) is 21.2. The van der Waals surface area contributed by atoms with Gasteiger partial charge in [0.1, 0.15) is 12.5 Å². The molecule has 0 radical (unpaired) electrons. The van der Waals surface area contributed by atoms with Gasteiger partial charge in [-0.2, -0.15) is 8.42 Å². The molecule has 0 aromatic heterocycles. The zero-order valence-corrected chi connectivity index (χ0v) is 18.8. The lowest BCUT2D eigenvalue weighted by atomic mass is 10.2. The Morgan fingerprint density at radius 3 is 2.04 bits per heavy atom. The molecule has 1 aromatic carbocycles. The Hall–Kier alpha value is -0.800. The summed E-state index contributed by atoms with van der Waals surface area (Å²) in [6.07, 6.45) is -0.806. The first-order chi connectivity index (χ1) is 13.0. The lowest BCUT2D eigenvalue weighted by Gasteiger charge is -2.25.